The Bertz CT molecular complexity index is 306. The molecule has 0 bridgehead atoms. The van der Waals surface area contributed by atoms with Gasteiger partial charge in [-0.1, -0.05) is 31.0 Å². The van der Waals surface area contributed by atoms with E-state index in [0.29, 0.717) is 5.38 Å². The van der Waals surface area contributed by atoms with E-state index in [2.05, 4.69) is 0 Å². The quantitative estimate of drug-likeness (QED) is 0.529. The zero-order valence-corrected chi connectivity index (χ0v) is 11.0. The monoisotopic (exact) mass is 252 g/mol. The number of hydrogen-bond donors (Lipinski definition) is 0. The van der Waals surface area contributed by atoms with Gasteiger partial charge in [-0.3, -0.25) is 0 Å². The average Bonchev–Trinajstić information content (AvgIpc) is 2.89. The molecule has 0 amide bonds. The fourth-order valence-corrected chi connectivity index (χ4v) is 2.95. The molecule has 1 aliphatic rings. The third kappa shape index (κ3) is 4.23. The molecule has 17 heavy (non-hydrogen) atoms. The van der Waals surface area contributed by atoms with Crippen molar-refractivity contribution in [1.82, 2.24) is 0 Å². The number of ether oxygens (including phenoxy) is 1. The summed E-state index contributed by atoms with van der Waals surface area (Å²) < 4.78 is 5.66. The highest BCUT2D eigenvalue weighted by Gasteiger charge is 2.22. The van der Waals surface area contributed by atoms with E-state index in [1.54, 1.807) is 0 Å². The first kappa shape index (κ1) is 12.8. The summed E-state index contributed by atoms with van der Waals surface area (Å²) in [6, 6.07) is 9.99. The summed E-state index contributed by atoms with van der Waals surface area (Å²) in [7, 11) is 0. The van der Waals surface area contributed by atoms with Crippen LogP contribution >= 0.6 is 11.6 Å². The van der Waals surface area contributed by atoms with Crippen LogP contribution in [0.25, 0.3) is 0 Å². The fraction of sp³-hybridized carbons (Fsp3) is 0.600. The zero-order valence-electron chi connectivity index (χ0n) is 10.3. The molecule has 0 spiro atoms. The molecule has 2 heteroatoms. The van der Waals surface area contributed by atoms with E-state index in [4.69, 9.17) is 16.3 Å². The second-order valence-corrected chi connectivity index (χ2v) is 5.42. The van der Waals surface area contributed by atoms with Crippen molar-refractivity contribution in [1.29, 1.82) is 0 Å². The van der Waals surface area contributed by atoms with Gasteiger partial charge in [-0.25, -0.2) is 0 Å². The smallest absolute Gasteiger partial charge is 0.119 e. The Kier molecular flexibility index (Phi) is 5.18. The number of halogens is 1. The van der Waals surface area contributed by atoms with Crippen molar-refractivity contribution in [2.75, 3.05) is 6.61 Å². The number of hydrogen-bond acceptors (Lipinski definition) is 1. The summed E-state index contributed by atoms with van der Waals surface area (Å²) >= 11 is 6.41. The molecule has 94 valence electrons. The molecule has 0 aliphatic heterocycles. The van der Waals surface area contributed by atoms with Crippen LogP contribution in [-0.4, -0.2) is 12.0 Å². The van der Waals surface area contributed by atoms with Crippen LogP contribution in [-0.2, 0) is 0 Å². The van der Waals surface area contributed by atoms with E-state index < -0.39 is 0 Å². The minimum Gasteiger partial charge on any atom is -0.494 e. The Morgan fingerprint density at radius 1 is 1.18 bits per heavy atom. The summed E-state index contributed by atoms with van der Waals surface area (Å²) in [5, 5.41) is 0.358. The summed E-state index contributed by atoms with van der Waals surface area (Å²) in [6.07, 6.45) is 7.53. The van der Waals surface area contributed by atoms with E-state index >= 15 is 0 Å². The maximum atomic E-state index is 6.41. The lowest BCUT2D eigenvalue weighted by atomic mass is 10.0. The summed E-state index contributed by atoms with van der Waals surface area (Å²) in [6.45, 7) is 0.778. The highest BCUT2D eigenvalue weighted by molar-refractivity contribution is 6.20. The number of alkyl halides is 1. The summed E-state index contributed by atoms with van der Waals surface area (Å²) in [4.78, 5) is 0. The Morgan fingerprint density at radius 3 is 2.59 bits per heavy atom. The molecule has 0 radical (unpaired) electrons. The van der Waals surface area contributed by atoms with Gasteiger partial charge < -0.3 is 4.74 Å². The highest BCUT2D eigenvalue weighted by atomic mass is 35.5. The van der Waals surface area contributed by atoms with Crippen LogP contribution in [0.2, 0.25) is 0 Å². The lowest BCUT2D eigenvalue weighted by molar-refractivity contribution is 0.300. The largest absolute Gasteiger partial charge is 0.494 e. The van der Waals surface area contributed by atoms with Crippen LogP contribution in [0, 0.1) is 5.92 Å². The second kappa shape index (κ2) is 6.90. The second-order valence-electron chi connectivity index (χ2n) is 4.86. The maximum Gasteiger partial charge on any atom is 0.119 e. The highest BCUT2D eigenvalue weighted by Crippen LogP contribution is 2.32. The third-order valence-electron chi connectivity index (χ3n) is 3.55. The van der Waals surface area contributed by atoms with Crippen LogP contribution < -0.4 is 4.74 Å². The van der Waals surface area contributed by atoms with Crippen molar-refractivity contribution < 1.29 is 4.74 Å². The molecule has 1 fully saturated rings. The van der Waals surface area contributed by atoms with Gasteiger partial charge in [0.05, 0.1) is 6.61 Å². The molecule has 1 unspecified atom stereocenters. The first-order valence-corrected chi connectivity index (χ1v) is 7.12. The van der Waals surface area contributed by atoms with Gasteiger partial charge in [0, 0.05) is 5.38 Å². The van der Waals surface area contributed by atoms with Crippen molar-refractivity contribution >= 4 is 11.6 Å². The molecule has 0 N–H and O–H groups in total. The molecule has 1 aromatic rings. The van der Waals surface area contributed by atoms with Crippen LogP contribution in [0.3, 0.4) is 0 Å². The van der Waals surface area contributed by atoms with Crippen LogP contribution in [0.1, 0.15) is 38.5 Å². The third-order valence-corrected chi connectivity index (χ3v) is 4.12. The normalized spacial score (nSPS) is 18.2. The van der Waals surface area contributed by atoms with Gasteiger partial charge in [0.25, 0.3) is 0 Å². The molecule has 1 saturated carbocycles. The van der Waals surface area contributed by atoms with Crippen molar-refractivity contribution in [3.63, 3.8) is 0 Å². The van der Waals surface area contributed by atoms with E-state index in [0.717, 1.165) is 31.1 Å². The first-order valence-electron chi connectivity index (χ1n) is 6.68. The minimum absolute atomic E-state index is 0.358. The SMILES string of the molecule is ClC(CCCOc1ccccc1)C1CCCC1. The van der Waals surface area contributed by atoms with E-state index in [9.17, 15) is 0 Å². The van der Waals surface area contributed by atoms with Gasteiger partial charge in [-0.2, -0.15) is 0 Å². The van der Waals surface area contributed by atoms with Crippen LogP contribution in [0.5, 0.6) is 5.75 Å². The first-order chi connectivity index (χ1) is 8.36. The van der Waals surface area contributed by atoms with Gasteiger partial charge >= 0.3 is 0 Å². The molecular weight excluding hydrogens is 232 g/mol. The minimum atomic E-state index is 0.358. The zero-order chi connectivity index (χ0) is 11.9. The molecule has 1 aliphatic carbocycles. The predicted octanol–water partition coefficient (Wildman–Crippen LogP) is 4.64. The van der Waals surface area contributed by atoms with Gasteiger partial charge in [0.1, 0.15) is 5.75 Å². The Hall–Kier alpha value is -0.690. The molecule has 1 nitrogen and oxygen atoms in total. The van der Waals surface area contributed by atoms with Gasteiger partial charge in [-0.15, -0.1) is 11.6 Å². The van der Waals surface area contributed by atoms with Crippen molar-refractivity contribution in [2.24, 2.45) is 5.92 Å². The molecule has 0 heterocycles. The topological polar surface area (TPSA) is 9.23 Å². The lowest BCUT2D eigenvalue weighted by Crippen LogP contribution is -2.12. The standard InChI is InChI=1S/C15H21ClO/c16-15(13-7-4-5-8-13)11-6-12-17-14-9-2-1-3-10-14/h1-3,9-10,13,15H,4-8,11-12H2. The Morgan fingerprint density at radius 2 is 1.88 bits per heavy atom. The molecule has 0 saturated heterocycles. The Labute approximate surface area is 109 Å². The van der Waals surface area contributed by atoms with Crippen LogP contribution in [0.15, 0.2) is 30.3 Å². The average molecular weight is 253 g/mol. The van der Waals surface area contributed by atoms with Crippen molar-refractivity contribution in [3.8, 4) is 5.75 Å². The molecule has 2 rings (SSSR count). The molecule has 1 atom stereocenters. The van der Waals surface area contributed by atoms with Gasteiger partial charge in [0.15, 0.2) is 0 Å². The van der Waals surface area contributed by atoms with Gasteiger partial charge in [-0.05, 0) is 43.7 Å². The Balaban J connectivity index is 1.59. The van der Waals surface area contributed by atoms with E-state index in [1.165, 1.54) is 25.7 Å². The lowest BCUT2D eigenvalue weighted by Gasteiger charge is -2.16. The molecule has 1 aromatic carbocycles. The summed E-state index contributed by atoms with van der Waals surface area (Å²) in [5.41, 5.74) is 0. The van der Waals surface area contributed by atoms with Crippen molar-refractivity contribution in [2.45, 2.75) is 43.9 Å². The predicted molar refractivity (Wildman–Crippen MR) is 72.8 cm³/mol. The van der Waals surface area contributed by atoms with E-state index in [1.807, 2.05) is 30.3 Å². The van der Waals surface area contributed by atoms with Crippen molar-refractivity contribution in [3.05, 3.63) is 30.3 Å². The van der Waals surface area contributed by atoms with E-state index in [-0.39, 0.29) is 0 Å². The fourth-order valence-electron chi connectivity index (χ4n) is 2.54. The molecular formula is C15H21ClO. The maximum absolute atomic E-state index is 6.41. The molecule has 0 aromatic heterocycles. The van der Waals surface area contributed by atoms with Crippen LogP contribution in [0.4, 0.5) is 0 Å². The number of para-hydroxylation sites is 1. The number of rotatable bonds is 6. The number of benzene rings is 1. The summed E-state index contributed by atoms with van der Waals surface area (Å²) in [5.74, 6) is 1.72. The van der Waals surface area contributed by atoms with Gasteiger partial charge in [0.2, 0.25) is 0 Å².